The molecule has 0 bridgehead atoms. The van der Waals surface area contributed by atoms with Gasteiger partial charge in [-0.05, 0) is 19.1 Å². The Kier molecular flexibility index (Phi) is 11.7. The number of benzene rings is 1. The van der Waals surface area contributed by atoms with Crippen molar-refractivity contribution in [1.29, 1.82) is 0 Å². The lowest BCUT2D eigenvalue weighted by Crippen LogP contribution is -2.39. The maximum Gasteiger partial charge on any atom is 0.191 e. The van der Waals surface area contributed by atoms with Gasteiger partial charge in [0.15, 0.2) is 5.96 Å². The normalized spacial score (nSPS) is 13.1. The number of hydrogen-bond acceptors (Lipinski definition) is 4. The fourth-order valence-electron chi connectivity index (χ4n) is 1.69. The monoisotopic (exact) mass is 471 g/mol. The quantitative estimate of drug-likeness (QED) is 0.264. The topological polar surface area (TPSA) is 70.6 Å². The third kappa shape index (κ3) is 11.7. The molecule has 1 aromatic rings. The van der Waals surface area contributed by atoms with Crippen LogP contribution in [0.2, 0.25) is 0 Å². The summed E-state index contributed by atoms with van der Waals surface area (Å²) in [5, 5.41) is 6.51. The van der Waals surface area contributed by atoms with E-state index in [9.17, 15) is 8.42 Å². The lowest BCUT2D eigenvalue weighted by Gasteiger charge is -2.13. The van der Waals surface area contributed by atoms with Gasteiger partial charge in [0.2, 0.25) is 0 Å². The summed E-state index contributed by atoms with van der Waals surface area (Å²) in [6.07, 6.45) is 1.23. The molecule has 0 aliphatic rings. The van der Waals surface area contributed by atoms with Gasteiger partial charge < -0.3 is 10.6 Å². The number of aliphatic imine (C=N–C) groups is 1. The number of halogens is 1. The second kappa shape index (κ2) is 12.0. The molecule has 5 nitrogen and oxygen atoms in total. The number of sulfone groups is 1. The minimum Gasteiger partial charge on any atom is -0.357 e. The highest BCUT2D eigenvalue weighted by Gasteiger charge is 2.06. The molecule has 0 saturated heterocycles. The average molecular weight is 471 g/mol. The van der Waals surface area contributed by atoms with Crippen LogP contribution < -0.4 is 10.6 Å². The van der Waals surface area contributed by atoms with Gasteiger partial charge >= 0.3 is 0 Å². The largest absolute Gasteiger partial charge is 0.357 e. The molecule has 2 N–H and O–H groups in total. The fraction of sp³-hybridized carbons (Fsp3) is 0.533. The van der Waals surface area contributed by atoms with Gasteiger partial charge in [-0.3, -0.25) is 4.99 Å². The Balaban J connectivity index is 0.00000484. The average Bonchev–Trinajstić information content (AvgIpc) is 2.44. The summed E-state index contributed by atoms with van der Waals surface area (Å²) in [4.78, 5) is 5.73. The minimum atomic E-state index is -2.96. The number of rotatable bonds is 8. The molecule has 0 saturated carbocycles. The van der Waals surface area contributed by atoms with Crippen LogP contribution in [0.15, 0.2) is 40.2 Å². The summed E-state index contributed by atoms with van der Waals surface area (Å²) in [7, 11) is -2.96. The Bertz CT molecular complexity index is 565. The molecule has 1 unspecified atom stereocenters. The van der Waals surface area contributed by atoms with Crippen molar-refractivity contribution in [2.75, 3.05) is 31.6 Å². The number of nitrogens with zero attached hydrogens (tertiary/aromatic N) is 1. The van der Waals surface area contributed by atoms with Crippen molar-refractivity contribution in [3.8, 4) is 0 Å². The van der Waals surface area contributed by atoms with Gasteiger partial charge in [0.1, 0.15) is 9.84 Å². The second-order valence-corrected chi connectivity index (χ2v) is 8.79. The molecular formula is C15H26IN3O2S2. The number of hydrogen-bond donors (Lipinski definition) is 2. The lowest BCUT2D eigenvalue weighted by atomic mass is 10.4. The molecule has 0 aromatic heterocycles. The van der Waals surface area contributed by atoms with Crippen molar-refractivity contribution in [2.45, 2.75) is 24.0 Å². The van der Waals surface area contributed by atoms with Crippen molar-refractivity contribution in [2.24, 2.45) is 4.99 Å². The van der Waals surface area contributed by atoms with E-state index in [0.29, 0.717) is 24.3 Å². The molecule has 8 heteroatoms. The third-order valence-corrected chi connectivity index (χ3v) is 4.74. The highest BCUT2D eigenvalue weighted by atomic mass is 127. The molecule has 23 heavy (non-hydrogen) atoms. The van der Waals surface area contributed by atoms with E-state index >= 15 is 0 Å². The molecule has 132 valence electrons. The first kappa shape index (κ1) is 22.5. The predicted molar refractivity (Wildman–Crippen MR) is 111 cm³/mol. The zero-order valence-corrected chi connectivity index (χ0v) is 17.7. The van der Waals surface area contributed by atoms with Crippen molar-refractivity contribution in [1.82, 2.24) is 10.6 Å². The van der Waals surface area contributed by atoms with E-state index in [1.807, 2.05) is 25.1 Å². The first-order valence-corrected chi connectivity index (χ1v) is 10.3. The Hall–Kier alpha value is -0.480. The van der Waals surface area contributed by atoms with E-state index in [1.165, 1.54) is 11.2 Å². The zero-order chi connectivity index (χ0) is 16.4. The van der Waals surface area contributed by atoms with Crippen LogP contribution >= 0.6 is 35.7 Å². The van der Waals surface area contributed by atoms with E-state index < -0.39 is 9.84 Å². The Morgan fingerprint density at radius 1 is 1.26 bits per heavy atom. The number of guanidine groups is 1. The minimum absolute atomic E-state index is 0. The van der Waals surface area contributed by atoms with Gasteiger partial charge in [0.05, 0.1) is 12.3 Å². The van der Waals surface area contributed by atoms with Crippen LogP contribution in [-0.4, -0.2) is 51.3 Å². The van der Waals surface area contributed by atoms with Crippen molar-refractivity contribution >= 4 is 51.5 Å². The maximum absolute atomic E-state index is 11.1. The van der Waals surface area contributed by atoms with Crippen molar-refractivity contribution < 1.29 is 8.42 Å². The maximum atomic E-state index is 11.1. The standard InChI is InChI=1S/C15H25N3O2S2.HI/c1-4-16-15(17-10-11-22(3,19)20)18-12-13(2)21-14-8-6-5-7-9-14;/h5-9,13H,4,10-12H2,1-3H3,(H2,16,17,18);1H. The van der Waals surface area contributed by atoms with Gasteiger partial charge in [0, 0.05) is 29.5 Å². The number of thioether (sulfide) groups is 1. The molecular weight excluding hydrogens is 445 g/mol. The van der Waals surface area contributed by atoms with E-state index in [4.69, 9.17) is 0 Å². The fourth-order valence-corrected chi connectivity index (χ4v) is 3.09. The summed E-state index contributed by atoms with van der Waals surface area (Å²) in [6, 6.07) is 10.2. The molecule has 1 aromatic carbocycles. The molecule has 1 atom stereocenters. The van der Waals surface area contributed by atoms with E-state index in [-0.39, 0.29) is 29.7 Å². The summed E-state index contributed by atoms with van der Waals surface area (Å²) in [5.74, 6) is 0.762. The van der Waals surface area contributed by atoms with E-state index in [0.717, 1.165) is 6.54 Å². The zero-order valence-electron chi connectivity index (χ0n) is 13.8. The third-order valence-electron chi connectivity index (χ3n) is 2.70. The van der Waals surface area contributed by atoms with Crippen LogP contribution in [0.5, 0.6) is 0 Å². The molecule has 0 aliphatic heterocycles. The van der Waals surface area contributed by atoms with Crippen molar-refractivity contribution in [3.63, 3.8) is 0 Å². The number of nitrogens with one attached hydrogen (secondary N) is 2. The van der Waals surface area contributed by atoms with Crippen LogP contribution in [0.1, 0.15) is 13.8 Å². The Labute approximate surface area is 161 Å². The SMILES string of the molecule is CCNC(=NCC(C)Sc1ccccc1)NCCS(C)(=O)=O.I. The lowest BCUT2D eigenvalue weighted by molar-refractivity contribution is 0.600. The highest BCUT2D eigenvalue weighted by Crippen LogP contribution is 2.22. The van der Waals surface area contributed by atoms with Crippen LogP contribution in [-0.2, 0) is 9.84 Å². The van der Waals surface area contributed by atoms with E-state index in [2.05, 4.69) is 34.7 Å². The van der Waals surface area contributed by atoms with Gasteiger partial charge in [-0.2, -0.15) is 0 Å². The molecule has 0 fully saturated rings. The van der Waals surface area contributed by atoms with Crippen molar-refractivity contribution in [3.05, 3.63) is 30.3 Å². The predicted octanol–water partition coefficient (Wildman–Crippen LogP) is 2.38. The van der Waals surface area contributed by atoms with Gasteiger partial charge in [-0.1, -0.05) is 25.1 Å². The van der Waals surface area contributed by atoms with Crippen LogP contribution in [0.4, 0.5) is 0 Å². The Morgan fingerprint density at radius 3 is 2.48 bits per heavy atom. The molecule has 1 rings (SSSR count). The van der Waals surface area contributed by atoms with E-state index in [1.54, 1.807) is 11.8 Å². The molecule has 0 heterocycles. The van der Waals surface area contributed by atoms with Gasteiger partial charge in [-0.15, -0.1) is 35.7 Å². The summed E-state index contributed by atoms with van der Waals surface area (Å²) in [6.45, 7) is 5.88. The first-order chi connectivity index (χ1) is 10.4. The molecule has 0 radical (unpaired) electrons. The van der Waals surface area contributed by atoms with Gasteiger partial charge in [-0.25, -0.2) is 8.42 Å². The van der Waals surface area contributed by atoms with Gasteiger partial charge in [0.25, 0.3) is 0 Å². The van der Waals surface area contributed by atoms with Crippen LogP contribution in [0.25, 0.3) is 0 Å². The summed E-state index contributed by atoms with van der Waals surface area (Å²) in [5.41, 5.74) is 0. The molecule has 0 amide bonds. The van der Waals surface area contributed by atoms with Crippen LogP contribution in [0, 0.1) is 0 Å². The smallest absolute Gasteiger partial charge is 0.191 e. The summed E-state index contributed by atoms with van der Waals surface area (Å²) >= 11 is 1.77. The summed E-state index contributed by atoms with van der Waals surface area (Å²) < 4.78 is 22.3. The first-order valence-electron chi connectivity index (χ1n) is 7.32. The molecule has 0 spiro atoms. The Morgan fingerprint density at radius 2 is 1.91 bits per heavy atom. The second-order valence-electron chi connectivity index (χ2n) is 5.02. The highest BCUT2D eigenvalue weighted by molar-refractivity contribution is 14.0. The molecule has 0 aliphatic carbocycles. The van der Waals surface area contributed by atoms with Crippen LogP contribution in [0.3, 0.4) is 0 Å².